The third kappa shape index (κ3) is 2.95. The second kappa shape index (κ2) is 5.65. The highest BCUT2D eigenvalue weighted by Gasteiger charge is 2.06. The largest absolute Gasteiger partial charge is 0.497 e. The number of rotatable bonds is 4. The topological polar surface area (TPSA) is 63.9 Å². The Hall–Kier alpha value is -2.21. The summed E-state index contributed by atoms with van der Waals surface area (Å²) in [5, 5.41) is 0.787. The van der Waals surface area contributed by atoms with Crippen molar-refractivity contribution in [3.05, 3.63) is 47.8 Å². The number of hydrogen-bond donors (Lipinski definition) is 2. The Balaban J connectivity index is 1.76. The molecule has 0 aliphatic rings. The SMILES string of the molecule is COc1ccc2nc(SCc3ccc(N)c(F)c3)[nH]c2c1. The van der Waals surface area contributed by atoms with Gasteiger partial charge in [-0.3, -0.25) is 0 Å². The van der Waals surface area contributed by atoms with Gasteiger partial charge in [0, 0.05) is 11.8 Å². The number of nitrogens with one attached hydrogen (secondary N) is 1. The quantitative estimate of drug-likeness (QED) is 0.571. The molecule has 6 heteroatoms. The van der Waals surface area contributed by atoms with Crippen LogP contribution in [0.2, 0.25) is 0 Å². The number of nitrogens with zero attached hydrogens (tertiary/aromatic N) is 1. The van der Waals surface area contributed by atoms with E-state index in [2.05, 4.69) is 9.97 Å². The smallest absolute Gasteiger partial charge is 0.166 e. The molecule has 1 aromatic heterocycles. The first-order valence-corrected chi connectivity index (χ1v) is 7.35. The molecular formula is C15H14FN3OS. The molecule has 0 saturated carbocycles. The summed E-state index contributed by atoms with van der Waals surface area (Å²) in [6.07, 6.45) is 0. The first kappa shape index (κ1) is 13.8. The third-order valence-corrected chi connectivity index (χ3v) is 4.05. The van der Waals surface area contributed by atoms with Crippen LogP contribution in [0.25, 0.3) is 11.0 Å². The van der Waals surface area contributed by atoms with E-state index in [9.17, 15) is 4.39 Å². The molecule has 108 valence electrons. The zero-order valence-electron chi connectivity index (χ0n) is 11.4. The van der Waals surface area contributed by atoms with Crippen molar-refractivity contribution >= 4 is 28.5 Å². The lowest BCUT2D eigenvalue weighted by molar-refractivity contribution is 0.415. The molecule has 3 N–H and O–H groups in total. The Labute approximate surface area is 125 Å². The molecule has 0 radical (unpaired) electrons. The maximum atomic E-state index is 13.4. The average Bonchev–Trinajstić information content (AvgIpc) is 2.90. The predicted octanol–water partition coefficient (Wildman–Crippen LogP) is 3.59. The molecule has 0 aliphatic carbocycles. The van der Waals surface area contributed by atoms with E-state index in [1.54, 1.807) is 13.2 Å². The van der Waals surface area contributed by atoms with E-state index < -0.39 is 0 Å². The summed E-state index contributed by atoms with van der Waals surface area (Å²) >= 11 is 1.51. The fourth-order valence-electron chi connectivity index (χ4n) is 1.97. The average molecular weight is 303 g/mol. The van der Waals surface area contributed by atoms with Gasteiger partial charge in [-0.2, -0.15) is 0 Å². The molecule has 0 saturated heterocycles. The molecule has 21 heavy (non-hydrogen) atoms. The van der Waals surface area contributed by atoms with Gasteiger partial charge in [-0.15, -0.1) is 0 Å². The number of aromatic nitrogens is 2. The molecule has 3 aromatic rings. The van der Waals surface area contributed by atoms with E-state index in [0.29, 0.717) is 5.75 Å². The molecule has 0 unspecified atom stereocenters. The number of nitrogen functional groups attached to an aromatic ring is 1. The summed E-state index contributed by atoms with van der Waals surface area (Å²) in [5.41, 5.74) is 8.29. The van der Waals surface area contributed by atoms with Gasteiger partial charge < -0.3 is 15.5 Å². The molecule has 4 nitrogen and oxygen atoms in total. The van der Waals surface area contributed by atoms with E-state index in [0.717, 1.165) is 27.5 Å². The number of halogens is 1. The van der Waals surface area contributed by atoms with Gasteiger partial charge in [-0.25, -0.2) is 9.37 Å². The van der Waals surface area contributed by atoms with Crippen LogP contribution in [-0.4, -0.2) is 17.1 Å². The number of hydrogen-bond acceptors (Lipinski definition) is 4. The minimum absolute atomic E-state index is 0.166. The third-order valence-electron chi connectivity index (χ3n) is 3.11. The Bertz CT molecular complexity index is 788. The van der Waals surface area contributed by atoms with Crippen LogP contribution >= 0.6 is 11.8 Å². The van der Waals surface area contributed by atoms with Crippen molar-refractivity contribution in [3.63, 3.8) is 0 Å². The van der Waals surface area contributed by atoms with Gasteiger partial charge in [0.1, 0.15) is 11.6 Å². The Kier molecular flexibility index (Phi) is 3.70. The Morgan fingerprint density at radius 1 is 1.29 bits per heavy atom. The van der Waals surface area contributed by atoms with Crippen molar-refractivity contribution in [1.82, 2.24) is 9.97 Å². The van der Waals surface area contributed by atoms with Gasteiger partial charge in [-0.1, -0.05) is 17.8 Å². The molecule has 1 heterocycles. The van der Waals surface area contributed by atoms with Crippen LogP contribution in [0.15, 0.2) is 41.6 Å². The number of aromatic amines is 1. The molecule has 0 bridgehead atoms. The molecule has 2 aromatic carbocycles. The van der Waals surface area contributed by atoms with Crippen molar-refractivity contribution < 1.29 is 9.13 Å². The summed E-state index contributed by atoms with van der Waals surface area (Å²) in [6.45, 7) is 0. The number of fused-ring (bicyclic) bond motifs is 1. The summed E-state index contributed by atoms with van der Waals surface area (Å²) in [4.78, 5) is 7.70. The van der Waals surface area contributed by atoms with Crippen LogP contribution in [0.3, 0.4) is 0 Å². The zero-order chi connectivity index (χ0) is 14.8. The fourth-order valence-corrected chi connectivity index (χ4v) is 2.80. The molecule has 3 rings (SSSR count). The van der Waals surface area contributed by atoms with E-state index in [1.165, 1.54) is 17.8 Å². The first-order chi connectivity index (χ1) is 10.2. The van der Waals surface area contributed by atoms with Crippen LogP contribution in [0.4, 0.5) is 10.1 Å². The summed E-state index contributed by atoms with van der Waals surface area (Å²) in [7, 11) is 1.63. The number of thioether (sulfide) groups is 1. The second-order valence-electron chi connectivity index (χ2n) is 4.57. The second-order valence-corrected chi connectivity index (χ2v) is 5.53. The lowest BCUT2D eigenvalue weighted by Gasteiger charge is -2.01. The minimum atomic E-state index is -0.387. The molecule has 0 atom stereocenters. The van der Waals surface area contributed by atoms with Crippen molar-refractivity contribution in [2.75, 3.05) is 12.8 Å². The van der Waals surface area contributed by atoms with Gasteiger partial charge in [0.15, 0.2) is 5.16 Å². The number of imidazole rings is 1. The highest BCUT2D eigenvalue weighted by atomic mass is 32.2. The van der Waals surface area contributed by atoms with Crippen LogP contribution in [0, 0.1) is 5.82 Å². The molecular weight excluding hydrogens is 289 g/mol. The van der Waals surface area contributed by atoms with Gasteiger partial charge in [-0.05, 0) is 29.8 Å². The van der Waals surface area contributed by atoms with Crippen LogP contribution in [0.1, 0.15) is 5.56 Å². The zero-order valence-corrected chi connectivity index (χ0v) is 12.2. The van der Waals surface area contributed by atoms with Gasteiger partial charge in [0.2, 0.25) is 0 Å². The van der Waals surface area contributed by atoms with Crippen molar-refractivity contribution in [1.29, 1.82) is 0 Å². The van der Waals surface area contributed by atoms with Crippen LogP contribution in [0.5, 0.6) is 5.75 Å². The van der Waals surface area contributed by atoms with Crippen molar-refractivity contribution in [2.24, 2.45) is 0 Å². The number of H-pyrrole nitrogens is 1. The fraction of sp³-hybridized carbons (Fsp3) is 0.133. The normalized spacial score (nSPS) is 11.0. The lowest BCUT2D eigenvalue weighted by Crippen LogP contribution is -1.91. The molecule has 0 spiro atoms. The van der Waals surface area contributed by atoms with Crippen LogP contribution < -0.4 is 10.5 Å². The van der Waals surface area contributed by atoms with Gasteiger partial charge in [0.25, 0.3) is 0 Å². The maximum absolute atomic E-state index is 13.4. The highest BCUT2D eigenvalue weighted by Crippen LogP contribution is 2.26. The minimum Gasteiger partial charge on any atom is -0.497 e. The van der Waals surface area contributed by atoms with E-state index in [-0.39, 0.29) is 11.5 Å². The highest BCUT2D eigenvalue weighted by molar-refractivity contribution is 7.98. The standard InChI is InChI=1S/C15H14FN3OS/c1-20-10-3-5-13-14(7-10)19-15(18-13)21-8-9-2-4-12(17)11(16)6-9/h2-7H,8,17H2,1H3,(H,18,19). The molecule has 0 fully saturated rings. The first-order valence-electron chi connectivity index (χ1n) is 6.36. The Morgan fingerprint density at radius 3 is 2.90 bits per heavy atom. The van der Waals surface area contributed by atoms with Crippen molar-refractivity contribution in [3.8, 4) is 5.75 Å². The number of benzene rings is 2. The maximum Gasteiger partial charge on any atom is 0.166 e. The van der Waals surface area contributed by atoms with E-state index >= 15 is 0 Å². The van der Waals surface area contributed by atoms with E-state index in [4.69, 9.17) is 10.5 Å². The monoisotopic (exact) mass is 303 g/mol. The number of nitrogens with two attached hydrogens (primary N) is 1. The lowest BCUT2D eigenvalue weighted by atomic mass is 10.2. The number of anilines is 1. The predicted molar refractivity (Wildman–Crippen MR) is 83.0 cm³/mol. The molecule has 0 aliphatic heterocycles. The van der Waals surface area contributed by atoms with E-state index in [1.807, 2.05) is 24.3 Å². The van der Waals surface area contributed by atoms with Crippen LogP contribution in [-0.2, 0) is 5.75 Å². The van der Waals surface area contributed by atoms with Gasteiger partial charge >= 0.3 is 0 Å². The summed E-state index contributed by atoms with van der Waals surface area (Å²) in [6, 6.07) is 10.5. The number of ether oxygens (including phenoxy) is 1. The summed E-state index contributed by atoms with van der Waals surface area (Å²) in [5.74, 6) is 1.01. The number of methoxy groups -OCH3 is 1. The molecule has 0 amide bonds. The Morgan fingerprint density at radius 2 is 2.14 bits per heavy atom. The summed E-state index contributed by atoms with van der Waals surface area (Å²) < 4.78 is 18.6. The van der Waals surface area contributed by atoms with Crippen molar-refractivity contribution in [2.45, 2.75) is 10.9 Å². The van der Waals surface area contributed by atoms with Gasteiger partial charge in [0.05, 0.1) is 23.8 Å².